The summed E-state index contributed by atoms with van der Waals surface area (Å²) in [6.07, 6.45) is 1.27. The minimum absolute atomic E-state index is 0.166. The summed E-state index contributed by atoms with van der Waals surface area (Å²) in [6.45, 7) is 12.5. The van der Waals surface area contributed by atoms with Crippen LogP contribution in [-0.2, 0) is 14.3 Å². The number of rotatable bonds is 2. The second kappa shape index (κ2) is 8.13. The van der Waals surface area contributed by atoms with Crippen molar-refractivity contribution in [3.63, 3.8) is 0 Å². The Balaban J connectivity index is 0.000000413. The van der Waals surface area contributed by atoms with Crippen molar-refractivity contribution in [3.8, 4) is 0 Å². The highest BCUT2D eigenvalue weighted by Crippen LogP contribution is 2.35. The third-order valence-electron chi connectivity index (χ3n) is 4.10. The van der Waals surface area contributed by atoms with Gasteiger partial charge in [-0.1, -0.05) is 65.3 Å². The second-order valence-electron chi connectivity index (χ2n) is 7.03. The Morgan fingerprint density at radius 1 is 1.21 bits per heavy atom. The van der Waals surface area contributed by atoms with Crippen LogP contribution < -0.4 is 0 Å². The van der Waals surface area contributed by atoms with Crippen LogP contribution in [0.15, 0.2) is 29.8 Å². The van der Waals surface area contributed by atoms with Crippen LogP contribution in [0.1, 0.15) is 65.0 Å². The predicted molar refractivity (Wildman–Crippen MR) is 95.8 cm³/mol. The van der Waals surface area contributed by atoms with Crippen LogP contribution in [0.3, 0.4) is 0 Å². The third-order valence-corrected chi connectivity index (χ3v) is 4.10. The van der Waals surface area contributed by atoms with Crippen molar-refractivity contribution in [1.29, 1.82) is 0 Å². The van der Waals surface area contributed by atoms with Gasteiger partial charge >= 0.3 is 5.97 Å². The summed E-state index contributed by atoms with van der Waals surface area (Å²) in [4.78, 5) is 23.8. The lowest BCUT2D eigenvalue weighted by Gasteiger charge is -2.22. The number of aliphatic hydroxyl groups excluding tert-OH is 1. The smallest absolute Gasteiger partial charge is 0.345 e. The van der Waals surface area contributed by atoms with Gasteiger partial charge in [-0.3, -0.25) is 4.79 Å². The molecule has 0 amide bonds. The van der Waals surface area contributed by atoms with Crippen LogP contribution >= 0.6 is 0 Å². The van der Waals surface area contributed by atoms with E-state index in [-0.39, 0.29) is 17.9 Å². The van der Waals surface area contributed by atoms with Crippen LogP contribution in [0.4, 0.5) is 0 Å². The van der Waals surface area contributed by atoms with Gasteiger partial charge in [0.2, 0.25) is 0 Å². The minimum Gasteiger partial charge on any atom is -0.506 e. The molecule has 0 fully saturated rings. The molecule has 1 atom stereocenters. The number of hydrogen-bond acceptors (Lipinski definition) is 4. The molecule has 0 saturated heterocycles. The van der Waals surface area contributed by atoms with E-state index in [1.54, 1.807) is 38.1 Å². The first kappa shape index (κ1) is 19.9. The predicted octanol–water partition coefficient (Wildman–Crippen LogP) is 4.65. The number of ketones is 1. The lowest BCUT2D eigenvalue weighted by atomic mass is 9.82. The Hall–Kier alpha value is -2.10. The van der Waals surface area contributed by atoms with Gasteiger partial charge in [0.25, 0.3) is 0 Å². The Morgan fingerprint density at radius 2 is 1.75 bits per heavy atom. The molecule has 1 aromatic carbocycles. The SMILES string of the molecule is CCC(C)(C)C.CCOC(=O)C1=C(O)c2ccccc2C(C)C1=O. The number of carbonyl (C=O) groups excluding carboxylic acids is 2. The molecule has 1 aliphatic rings. The van der Waals surface area contributed by atoms with Gasteiger partial charge in [0.05, 0.1) is 6.61 Å². The molecule has 1 N–H and O–H groups in total. The average molecular weight is 332 g/mol. The highest BCUT2D eigenvalue weighted by Gasteiger charge is 2.35. The molecule has 1 unspecified atom stereocenters. The molecule has 132 valence electrons. The Labute approximate surface area is 144 Å². The second-order valence-corrected chi connectivity index (χ2v) is 7.03. The van der Waals surface area contributed by atoms with E-state index in [4.69, 9.17) is 4.74 Å². The van der Waals surface area contributed by atoms with Crippen LogP contribution in [-0.4, -0.2) is 23.5 Å². The first-order valence-electron chi connectivity index (χ1n) is 8.37. The number of carbonyl (C=O) groups is 2. The van der Waals surface area contributed by atoms with Gasteiger partial charge in [-0.05, 0) is 17.9 Å². The minimum atomic E-state index is -0.763. The van der Waals surface area contributed by atoms with E-state index >= 15 is 0 Å². The molecule has 2 rings (SSSR count). The van der Waals surface area contributed by atoms with E-state index in [9.17, 15) is 14.7 Å². The van der Waals surface area contributed by atoms with Gasteiger partial charge in [-0.15, -0.1) is 0 Å². The lowest BCUT2D eigenvalue weighted by Crippen LogP contribution is -2.26. The summed E-state index contributed by atoms with van der Waals surface area (Å²) in [7, 11) is 0. The van der Waals surface area contributed by atoms with E-state index in [2.05, 4.69) is 27.7 Å². The zero-order valence-corrected chi connectivity index (χ0v) is 15.5. The normalized spacial score (nSPS) is 16.9. The standard InChI is InChI=1S/C14H14O4.C6H14/c1-3-18-14(17)11-12(15)8(2)9-6-4-5-7-10(9)13(11)16;1-5-6(2,3)4/h4-8,16H,3H2,1-2H3;5H2,1-4H3. The van der Waals surface area contributed by atoms with Crippen molar-refractivity contribution in [2.75, 3.05) is 6.61 Å². The number of benzene rings is 1. The van der Waals surface area contributed by atoms with Crippen molar-refractivity contribution in [1.82, 2.24) is 0 Å². The monoisotopic (exact) mass is 332 g/mol. The highest BCUT2D eigenvalue weighted by atomic mass is 16.5. The number of ether oxygens (including phenoxy) is 1. The van der Waals surface area contributed by atoms with E-state index < -0.39 is 17.7 Å². The molecule has 0 saturated carbocycles. The molecule has 0 heterocycles. The summed E-state index contributed by atoms with van der Waals surface area (Å²) >= 11 is 0. The van der Waals surface area contributed by atoms with Crippen LogP contribution in [0, 0.1) is 5.41 Å². The zero-order valence-electron chi connectivity index (χ0n) is 15.5. The summed E-state index contributed by atoms with van der Waals surface area (Å²) in [6, 6.07) is 7.01. The van der Waals surface area contributed by atoms with Gasteiger partial charge < -0.3 is 9.84 Å². The summed E-state index contributed by atoms with van der Waals surface area (Å²) in [5.41, 5.74) is 1.55. The molecule has 0 aromatic heterocycles. The molecule has 1 aliphatic carbocycles. The van der Waals surface area contributed by atoms with Gasteiger partial charge in [0, 0.05) is 11.5 Å². The van der Waals surface area contributed by atoms with Crippen LogP contribution in [0.25, 0.3) is 5.76 Å². The quantitative estimate of drug-likeness (QED) is 0.632. The molecule has 0 spiro atoms. The van der Waals surface area contributed by atoms with Gasteiger partial charge in [0.1, 0.15) is 11.3 Å². The maximum atomic E-state index is 12.1. The van der Waals surface area contributed by atoms with Crippen molar-refractivity contribution < 1.29 is 19.4 Å². The first-order chi connectivity index (χ1) is 11.1. The number of hydrogen-bond donors (Lipinski definition) is 1. The van der Waals surface area contributed by atoms with Gasteiger partial charge in [-0.25, -0.2) is 4.79 Å². The topological polar surface area (TPSA) is 63.6 Å². The summed E-state index contributed by atoms with van der Waals surface area (Å²) in [5.74, 6) is -1.89. The Kier molecular flexibility index (Phi) is 6.76. The number of Topliss-reactive ketones (excluding diaryl/α,β-unsaturated/α-hetero) is 1. The summed E-state index contributed by atoms with van der Waals surface area (Å²) in [5, 5.41) is 10.1. The van der Waals surface area contributed by atoms with Crippen LogP contribution in [0.5, 0.6) is 0 Å². The lowest BCUT2D eigenvalue weighted by molar-refractivity contribution is -0.140. The third kappa shape index (κ3) is 4.70. The molecule has 4 nitrogen and oxygen atoms in total. The van der Waals surface area contributed by atoms with Gasteiger partial charge in [-0.2, -0.15) is 0 Å². The molecule has 4 heteroatoms. The first-order valence-corrected chi connectivity index (χ1v) is 8.37. The fraction of sp³-hybridized carbons (Fsp3) is 0.500. The molecule has 0 radical (unpaired) electrons. The highest BCUT2D eigenvalue weighted by molar-refractivity contribution is 6.25. The molecule has 1 aromatic rings. The Bertz CT molecular complexity index is 635. The van der Waals surface area contributed by atoms with Crippen molar-refractivity contribution in [2.24, 2.45) is 5.41 Å². The van der Waals surface area contributed by atoms with Crippen LogP contribution in [0.2, 0.25) is 0 Å². The molecule has 0 aliphatic heterocycles. The van der Waals surface area contributed by atoms with Crippen molar-refractivity contribution in [2.45, 2.75) is 53.9 Å². The van der Waals surface area contributed by atoms with E-state index in [1.165, 1.54) is 6.42 Å². The van der Waals surface area contributed by atoms with Crippen molar-refractivity contribution in [3.05, 3.63) is 41.0 Å². The number of esters is 1. The maximum Gasteiger partial charge on any atom is 0.345 e. The van der Waals surface area contributed by atoms with Gasteiger partial charge in [0.15, 0.2) is 5.78 Å². The molecular weight excluding hydrogens is 304 g/mol. The maximum absolute atomic E-state index is 12.1. The summed E-state index contributed by atoms with van der Waals surface area (Å²) < 4.78 is 4.81. The molecule has 24 heavy (non-hydrogen) atoms. The van der Waals surface area contributed by atoms with E-state index in [1.807, 2.05) is 0 Å². The van der Waals surface area contributed by atoms with Crippen molar-refractivity contribution >= 4 is 17.5 Å². The number of aliphatic hydroxyl groups is 1. The fourth-order valence-corrected chi connectivity index (χ4v) is 2.10. The van der Waals surface area contributed by atoms with E-state index in [0.29, 0.717) is 11.0 Å². The largest absolute Gasteiger partial charge is 0.506 e. The fourth-order valence-electron chi connectivity index (χ4n) is 2.10. The zero-order chi connectivity index (χ0) is 18.5. The Morgan fingerprint density at radius 3 is 2.25 bits per heavy atom. The average Bonchev–Trinajstić information content (AvgIpc) is 2.53. The molecule has 0 bridgehead atoms. The van der Waals surface area contributed by atoms with E-state index in [0.717, 1.165) is 5.56 Å². The number of fused-ring (bicyclic) bond motifs is 1. The molecular formula is C20H28O4.